The van der Waals surface area contributed by atoms with Crippen LogP contribution in [0.3, 0.4) is 0 Å². The summed E-state index contributed by atoms with van der Waals surface area (Å²) >= 11 is 0. The molecule has 0 saturated carbocycles. The quantitative estimate of drug-likeness (QED) is 0.197. The predicted molar refractivity (Wildman–Crippen MR) is 165 cm³/mol. The maximum absolute atomic E-state index is 13.9. The Hall–Kier alpha value is -5.19. The van der Waals surface area contributed by atoms with Gasteiger partial charge in [-0.3, -0.25) is 9.59 Å². The first-order chi connectivity index (χ1) is 20.8. The van der Waals surface area contributed by atoms with Crippen LogP contribution in [0.25, 0.3) is 0 Å². The molecule has 0 bridgehead atoms. The van der Waals surface area contributed by atoms with E-state index in [4.69, 9.17) is 11.2 Å². The second kappa shape index (κ2) is 15.2. The van der Waals surface area contributed by atoms with Crippen molar-refractivity contribution in [1.29, 1.82) is 0 Å². The van der Waals surface area contributed by atoms with Crippen LogP contribution in [0.2, 0.25) is 0 Å². The van der Waals surface area contributed by atoms with E-state index in [2.05, 4.69) is 16.6 Å². The molecule has 0 saturated heterocycles. The molecule has 43 heavy (non-hydrogen) atoms. The molecule has 0 aliphatic heterocycles. The Morgan fingerprint density at radius 3 is 2.02 bits per heavy atom. The van der Waals surface area contributed by atoms with E-state index in [1.807, 2.05) is 91.9 Å². The van der Waals surface area contributed by atoms with Gasteiger partial charge in [0, 0.05) is 6.42 Å². The molecule has 7 nitrogen and oxygen atoms in total. The number of amides is 2. The topological polar surface area (TPSA) is 105 Å². The van der Waals surface area contributed by atoms with Gasteiger partial charge in [-0.25, -0.2) is 4.79 Å². The fourth-order valence-corrected chi connectivity index (χ4v) is 4.82. The molecule has 0 spiro atoms. The molecule has 0 aromatic heterocycles. The van der Waals surface area contributed by atoms with Gasteiger partial charge in [-0.2, -0.15) is 0 Å². The van der Waals surface area contributed by atoms with Crippen LogP contribution in [0.4, 0.5) is 0 Å². The van der Waals surface area contributed by atoms with Crippen LogP contribution >= 0.6 is 0 Å². The highest BCUT2D eigenvalue weighted by atomic mass is 16.5. The van der Waals surface area contributed by atoms with Crippen LogP contribution in [-0.4, -0.2) is 41.6 Å². The number of benzene rings is 4. The first-order valence-electron chi connectivity index (χ1n) is 14.0. The lowest BCUT2D eigenvalue weighted by Crippen LogP contribution is -2.52. The molecule has 4 aromatic carbocycles. The number of carbonyl (C=O) groups is 3. The fourth-order valence-electron chi connectivity index (χ4n) is 4.82. The lowest BCUT2D eigenvalue weighted by Gasteiger charge is -2.24. The van der Waals surface area contributed by atoms with Crippen molar-refractivity contribution in [3.8, 4) is 12.3 Å². The summed E-state index contributed by atoms with van der Waals surface area (Å²) in [6, 6.07) is 31.4. The zero-order chi connectivity index (χ0) is 30.6. The number of aryl methyl sites for hydroxylation is 1. The molecule has 2 amide bonds. The Morgan fingerprint density at radius 2 is 1.42 bits per heavy atom. The van der Waals surface area contributed by atoms with Crippen molar-refractivity contribution in [3.63, 3.8) is 0 Å². The summed E-state index contributed by atoms with van der Waals surface area (Å²) in [6.45, 7) is 2.09. The summed E-state index contributed by atoms with van der Waals surface area (Å²) in [5.74, 6) is 0.146. The normalized spacial score (nSPS) is 12.1. The number of hydrogen-bond donors (Lipinski definition) is 3. The van der Waals surface area contributed by atoms with Gasteiger partial charge in [-0.15, -0.1) is 6.42 Å². The van der Waals surface area contributed by atoms with Crippen molar-refractivity contribution < 1.29 is 24.2 Å². The third-order valence-electron chi connectivity index (χ3n) is 6.93. The van der Waals surface area contributed by atoms with Gasteiger partial charge in [0.25, 0.3) is 0 Å². The molecular formula is C36H34N2O5. The minimum atomic E-state index is -1.03. The third-order valence-corrected chi connectivity index (χ3v) is 6.93. The van der Waals surface area contributed by atoms with Gasteiger partial charge in [-0.1, -0.05) is 109 Å². The fraction of sp³-hybridized carbons (Fsp3) is 0.194. The Morgan fingerprint density at radius 1 is 0.791 bits per heavy atom. The number of ether oxygens (including phenoxy) is 1. The van der Waals surface area contributed by atoms with Crippen LogP contribution in [0.5, 0.6) is 0 Å². The molecular weight excluding hydrogens is 540 g/mol. The molecule has 0 unspecified atom stereocenters. The van der Waals surface area contributed by atoms with Gasteiger partial charge in [0.15, 0.2) is 0 Å². The van der Waals surface area contributed by atoms with Gasteiger partial charge >= 0.3 is 5.97 Å². The second-order valence-corrected chi connectivity index (χ2v) is 10.3. The van der Waals surface area contributed by atoms with Gasteiger partial charge in [-0.05, 0) is 41.3 Å². The van der Waals surface area contributed by atoms with Crippen molar-refractivity contribution >= 4 is 17.8 Å². The Balaban J connectivity index is 1.50. The van der Waals surface area contributed by atoms with E-state index < -0.39 is 29.9 Å². The number of hydrogen-bond acceptors (Lipinski definition) is 4. The van der Waals surface area contributed by atoms with E-state index >= 15 is 0 Å². The van der Waals surface area contributed by atoms with Crippen LogP contribution in [0.15, 0.2) is 109 Å². The molecule has 3 N–H and O–H groups in total. The highest BCUT2D eigenvalue weighted by Crippen LogP contribution is 2.25. The number of carboxylic acids is 1. The highest BCUT2D eigenvalue weighted by molar-refractivity contribution is 5.93. The molecule has 0 aliphatic rings. The summed E-state index contributed by atoms with van der Waals surface area (Å²) in [6.07, 6.45) is 5.99. The molecule has 0 aliphatic carbocycles. The van der Waals surface area contributed by atoms with Crippen LogP contribution in [0, 0.1) is 19.3 Å². The van der Waals surface area contributed by atoms with Crippen molar-refractivity contribution in [2.75, 3.05) is 6.61 Å². The van der Waals surface area contributed by atoms with E-state index in [1.54, 1.807) is 12.1 Å². The first kappa shape index (κ1) is 30.8. The number of aromatic carboxylic acids is 1. The maximum Gasteiger partial charge on any atom is 0.335 e. The van der Waals surface area contributed by atoms with Gasteiger partial charge < -0.3 is 20.5 Å². The SMILES string of the molecule is C#C[C@H](COCc1cccc(C(=O)O)c1)NC(=O)[C@H](Cc1cccc(C)c1)NC(=O)C(c1ccccc1)c1ccccc1. The molecule has 4 rings (SSSR count). The smallest absolute Gasteiger partial charge is 0.335 e. The first-order valence-corrected chi connectivity index (χ1v) is 14.0. The monoisotopic (exact) mass is 574 g/mol. The van der Waals surface area contributed by atoms with Crippen molar-refractivity contribution in [2.45, 2.75) is 38.0 Å². The minimum Gasteiger partial charge on any atom is -0.478 e. The largest absolute Gasteiger partial charge is 0.478 e. The van der Waals surface area contributed by atoms with Crippen LogP contribution < -0.4 is 10.6 Å². The van der Waals surface area contributed by atoms with Gasteiger partial charge in [0.2, 0.25) is 11.8 Å². The van der Waals surface area contributed by atoms with Gasteiger partial charge in [0.05, 0.1) is 24.7 Å². The standard InChI is InChI=1S/C36H34N2O5/c1-3-31(24-43-23-27-14-11-19-30(21-27)36(41)42)37-34(39)32(22-26-13-10-12-25(2)20-26)38-35(40)33(28-15-6-4-7-16-28)29-17-8-5-9-18-29/h1,4-21,31-33H,22-24H2,2H3,(H,37,39)(H,38,40)(H,41,42)/t31-,32+/m1/s1. The summed E-state index contributed by atoms with van der Waals surface area (Å²) in [7, 11) is 0. The molecule has 0 radical (unpaired) electrons. The highest BCUT2D eigenvalue weighted by Gasteiger charge is 2.29. The molecule has 0 heterocycles. The lowest BCUT2D eigenvalue weighted by atomic mass is 9.90. The van der Waals surface area contributed by atoms with E-state index in [-0.39, 0.29) is 31.1 Å². The minimum absolute atomic E-state index is 0.00130. The molecule has 218 valence electrons. The zero-order valence-corrected chi connectivity index (χ0v) is 23.9. The van der Waals surface area contributed by atoms with E-state index in [9.17, 15) is 19.5 Å². The lowest BCUT2D eigenvalue weighted by molar-refractivity contribution is -0.129. The van der Waals surface area contributed by atoms with Gasteiger partial charge in [0.1, 0.15) is 12.1 Å². The second-order valence-electron chi connectivity index (χ2n) is 10.3. The van der Waals surface area contributed by atoms with E-state index in [1.165, 1.54) is 12.1 Å². The number of nitrogens with one attached hydrogen (secondary N) is 2. The molecule has 4 aromatic rings. The summed E-state index contributed by atoms with van der Waals surface area (Å²) in [5.41, 5.74) is 4.37. The zero-order valence-electron chi connectivity index (χ0n) is 23.9. The number of carbonyl (C=O) groups excluding carboxylic acids is 2. The van der Waals surface area contributed by atoms with Crippen molar-refractivity contribution in [1.82, 2.24) is 10.6 Å². The number of terminal acetylenes is 1. The Kier molecular flexibility index (Phi) is 10.8. The third kappa shape index (κ3) is 8.90. The number of rotatable bonds is 13. The van der Waals surface area contributed by atoms with Crippen LogP contribution in [-0.2, 0) is 27.4 Å². The average Bonchev–Trinajstić information content (AvgIpc) is 3.01. The van der Waals surface area contributed by atoms with Crippen LogP contribution in [0.1, 0.15) is 44.1 Å². The molecule has 2 atom stereocenters. The Bertz CT molecular complexity index is 1540. The Labute approximate surface area is 251 Å². The summed E-state index contributed by atoms with van der Waals surface area (Å²) < 4.78 is 5.72. The van der Waals surface area contributed by atoms with Crippen molar-refractivity contribution in [2.24, 2.45) is 0 Å². The van der Waals surface area contributed by atoms with Crippen molar-refractivity contribution in [3.05, 3.63) is 143 Å². The summed E-state index contributed by atoms with van der Waals surface area (Å²) in [5, 5.41) is 15.0. The molecule has 7 heteroatoms. The maximum atomic E-state index is 13.9. The predicted octanol–water partition coefficient (Wildman–Crippen LogP) is 4.89. The molecule has 0 fully saturated rings. The summed E-state index contributed by atoms with van der Waals surface area (Å²) in [4.78, 5) is 38.8. The van der Waals surface area contributed by atoms with E-state index in [0.717, 1.165) is 22.3 Å². The average molecular weight is 575 g/mol. The number of carboxylic acid groups (broad SMARTS) is 1. The van der Waals surface area contributed by atoms with E-state index in [0.29, 0.717) is 5.56 Å².